The lowest BCUT2D eigenvalue weighted by atomic mass is 10.2. The molecule has 0 saturated carbocycles. The molecule has 0 fully saturated rings. The molecule has 0 aliphatic rings. The van der Waals surface area contributed by atoms with Crippen molar-refractivity contribution in [2.45, 2.75) is 6.42 Å². The molecule has 0 atom stereocenters. The second kappa shape index (κ2) is 10.5. The lowest BCUT2D eigenvalue weighted by Gasteiger charge is -2.09. The number of benzene rings is 2. The van der Waals surface area contributed by atoms with Crippen LogP contribution < -0.4 is 21.3 Å². The van der Waals surface area contributed by atoms with Gasteiger partial charge in [-0.2, -0.15) is 0 Å². The van der Waals surface area contributed by atoms with Gasteiger partial charge >= 0.3 is 6.03 Å². The molecule has 0 spiro atoms. The average molecular weight is 402 g/mol. The van der Waals surface area contributed by atoms with E-state index in [2.05, 4.69) is 27.8 Å². The normalized spacial score (nSPS) is 10.0. The maximum Gasteiger partial charge on any atom is 0.319 e. The number of hydrogen-bond donors (Lipinski definition) is 4. The van der Waals surface area contributed by atoms with Gasteiger partial charge in [-0.05, 0) is 36.4 Å². The van der Waals surface area contributed by atoms with Gasteiger partial charge in [0.05, 0.1) is 5.56 Å². The fourth-order valence-electron chi connectivity index (χ4n) is 2.26. The number of halogens is 2. The summed E-state index contributed by atoms with van der Waals surface area (Å²) < 4.78 is 26.4. The summed E-state index contributed by atoms with van der Waals surface area (Å²) in [7, 11) is 0. The van der Waals surface area contributed by atoms with E-state index in [4.69, 9.17) is 0 Å². The van der Waals surface area contributed by atoms with Crippen LogP contribution >= 0.6 is 0 Å². The highest BCUT2D eigenvalue weighted by Crippen LogP contribution is 2.14. The standard InChI is InChI=1S/C20H20F2N4O3/c1-2-10-24-20(29)26-15-6-4-14(5-7-15)25-18(27)9-11-23-19(28)16-8-3-13(21)12-17(16)22/h2-8,12H,1,9-11H2,(H,23,28)(H,25,27)(H2,24,26,29). The third-order valence-corrected chi connectivity index (χ3v) is 3.65. The Morgan fingerprint density at radius 3 is 2.21 bits per heavy atom. The minimum Gasteiger partial charge on any atom is -0.351 e. The zero-order valence-corrected chi connectivity index (χ0v) is 15.4. The first-order chi connectivity index (χ1) is 13.9. The number of rotatable bonds is 8. The fourth-order valence-corrected chi connectivity index (χ4v) is 2.26. The molecule has 0 aliphatic heterocycles. The maximum absolute atomic E-state index is 13.5. The number of carbonyl (C=O) groups excluding carboxylic acids is 3. The van der Waals surface area contributed by atoms with Crippen LogP contribution in [0.1, 0.15) is 16.8 Å². The number of urea groups is 1. The second-order valence-corrected chi connectivity index (χ2v) is 5.88. The molecule has 0 aliphatic carbocycles. The van der Waals surface area contributed by atoms with E-state index in [1.165, 1.54) is 0 Å². The predicted octanol–water partition coefficient (Wildman–Crippen LogP) is 3.03. The monoisotopic (exact) mass is 402 g/mol. The zero-order valence-electron chi connectivity index (χ0n) is 15.4. The lowest BCUT2D eigenvalue weighted by molar-refractivity contribution is -0.116. The Morgan fingerprint density at radius 1 is 0.931 bits per heavy atom. The quantitative estimate of drug-likeness (QED) is 0.511. The van der Waals surface area contributed by atoms with Gasteiger partial charge in [0.2, 0.25) is 5.91 Å². The Bertz CT molecular complexity index is 901. The number of nitrogens with one attached hydrogen (secondary N) is 4. The molecule has 0 aromatic heterocycles. The van der Waals surface area contributed by atoms with Gasteiger partial charge in [-0.15, -0.1) is 6.58 Å². The van der Waals surface area contributed by atoms with Crippen molar-refractivity contribution < 1.29 is 23.2 Å². The Morgan fingerprint density at radius 2 is 1.59 bits per heavy atom. The van der Waals surface area contributed by atoms with Gasteiger partial charge in [-0.1, -0.05) is 6.08 Å². The van der Waals surface area contributed by atoms with E-state index < -0.39 is 17.5 Å². The fraction of sp³-hybridized carbons (Fsp3) is 0.150. The van der Waals surface area contributed by atoms with Crippen molar-refractivity contribution in [3.05, 3.63) is 72.3 Å². The first-order valence-electron chi connectivity index (χ1n) is 8.68. The first-order valence-corrected chi connectivity index (χ1v) is 8.68. The Labute approximate surface area is 166 Å². The van der Waals surface area contributed by atoms with Gasteiger partial charge in [-0.3, -0.25) is 9.59 Å². The van der Waals surface area contributed by atoms with Crippen LogP contribution in [0.3, 0.4) is 0 Å². The third-order valence-electron chi connectivity index (χ3n) is 3.65. The molecular formula is C20H20F2N4O3. The molecule has 0 radical (unpaired) electrons. The molecule has 29 heavy (non-hydrogen) atoms. The van der Waals surface area contributed by atoms with Crippen LogP contribution in [-0.2, 0) is 4.79 Å². The number of carbonyl (C=O) groups is 3. The topological polar surface area (TPSA) is 99.3 Å². The van der Waals surface area contributed by atoms with Crippen LogP contribution in [0, 0.1) is 11.6 Å². The van der Waals surface area contributed by atoms with E-state index >= 15 is 0 Å². The second-order valence-electron chi connectivity index (χ2n) is 5.88. The smallest absolute Gasteiger partial charge is 0.319 e. The molecule has 9 heteroatoms. The molecule has 152 valence electrons. The number of amides is 4. The molecule has 0 heterocycles. The van der Waals surface area contributed by atoms with Gasteiger partial charge in [0.15, 0.2) is 0 Å². The average Bonchev–Trinajstić information content (AvgIpc) is 2.67. The van der Waals surface area contributed by atoms with Crippen molar-refractivity contribution in [3.63, 3.8) is 0 Å². The summed E-state index contributed by atoms with van der Waals surface area (Å²) in [6, 6.07) is 8.68. The van der Waals surface area contributed by atoms with Gasteiger partial charge in [-0.25, -0.2) is 13.6 Å². The van der Waals surface area contributed by atoms with Crippen molar-refractivity contribution in [1.82, 2.24) is 10.6 Å². The summed E-state index contributed by atoms with van der Waals surface area (Å²) in [5.41, 5.74) is 0.744. The number of anilines is 2. The van der Waals surface area contributed by atoms with Crippen molar-refractivity contribution in [1.29, 1.82) is 0 Å². The molecule has 4 N–H and O–H groups in total. The van der Waals surface area contributed by atoms with Crippen molar-refractivity contribution in [2.24, 2.45) is 0 Å². The van der Waals surface area contributed by atoms with Crippen molar-refractivity contribution >= 4 is 29.2 Å². The minimum absolute atomic E-state index is 0.0232. The molecule has 2 aromatic carbocycles. The maximum atomic E-state index is 13.5. The van der Waals surface area contributed by atoms with E-state index in [-0.39, 0.29) is 30.5 Å². The van der Waals surface area contributed by atoms with Gasteiger partial charge < -0.3 is 21.3 Å². The first kappa shape index (κ1) is 21.5. The summed E-state index contributed by atoms with van der Waals surface area (Å²) in [6.07, 6.45) is 1.51. The molecular weight excluding hydrogens is 382 g/mol. The van der Waals surface area contributed by atoms with E-state index in [0.29, 0.717) is 24.0 Å². The SMILES string of the molecule is C=CCNC(=O)Nc1ccc(NC(=O)CCNC(=O)c2ccc(F)cc2F)cc1. The highest BCUT2D eigenvalue weighted by atomic mass is 19.1. The van der Waals surface area contributed by atoms with Crippen LogP contribution in [0.5, 0.6) is 0 Å². The van der Waals surface area contributed by atoms with Gasteiger partial charge in [0.1, 0.15) is 11.6 Å². The van der Waals surface area contributed by atoms with E-state index in [9.17, 15) is 23.2 Å². The van der Waals surface area contributed by atoms with Crippen molar-refractivity contribution in [2.75, 3.05) is 23.7 Å². The van der Waals surface area contributed by atoms with E-state index in [1.54, 1.807) is 30.3 Å². The summed E-state index contributed by atoms with van der Waals surface area (Å²) in [6.45, 7) is 3.81. The van der Waals surface area contributed by atoms with Gasteiger partial charge in [0.25, 0.3) is 5.91 Å². The third kappa shape index (κ3) is 7.06. The summed E-state index contributed by atoms with van der Waals surface area (Å²) in [5.74, 6) is -2.86. The highest BCUT2D eigenvalue weighted by Gasteiger charge is 2.12. The van der Waals surface area contributed by atoms with Crippen LogP contribution in [0.2, 0.25) is 0 Å². The van der Waals surface area contributed by atoms with E-state index in [0.717, 1.165) is 12.1 Å². The predicted molar refractivity (Wildman–Crippen MR) is 106 cm³/mol. The molecule has 0 unspecified atom stereocenters. The van der Waals surface area contributed by atoms with Crippen molar-refractivity contribution in [3.8, 4) is 0 Å². The summed E-state index contributed by atoms with van der Waals surface area (Å²) in [5, 5.41) is 10.2. The minimum atomic E-state index is -0.973. The summed E-state index contributed by atoms with van der Waals surface area (Å²) in [4.78, 5) is 35.3. The Balaban J connectivity index is 1.76. The van der Waals surface area contributed by atoms with E-state index in [1.807, 2.05) is 0 Å². The van der Waals surface area contributed by atoms with Crippen LogP contribution in [-0.4, -0.2) is 30.9 Å². The lowest BCUT2D eigenvalue weighted by Crippen LogP contribution is -2.28. The Hall–Kier alpha value is -3.75. The molecule has 7 nitrogen and oxygen atoms in total. The summed E-state index contributed by atoms with van der Waals surface area (Å²) >= 11 is 0. The zero-order chi connectivity index (χ0) is 21.2. The molecule has 0 bridgehead atoms. The van der Waals surface area contributed by atoms with Crippen LogP contribution in [0.4, 0.5) is 25.0 Å². The van der Waals surface area contributed by atoms with Crippen LogP contribution in [0.25, 0.3) is 0 Å². The molecule has 2 rings (SSSR count). The van der Waals surface area contributed by atoms with Crippen LogP contribution in [0.15, 0.2) is 55.1 Å². The van der Waals surface area contributed by atoms with Gasteiger partial charge in [0, 0.05) is 37.0 Å². The molecule has 0 saturated heterocycles. The largest absolute Gasteiger partial charge is 0.351 e. The molecule has 2 aromatic rings. The highest BCUT2D eigenvalue weighted by molar-refractivity contribution is 5.95. The Kier molecular flexibility index (Phi) is 7.84. The molecule has 4 amide bonds. The number of hydrogen-bond acceptors (Lipinski definition) is 3.